The number of aryl methyl sites for hydroxylation is 1. The summed E-state index contributed by atoms with van der Waals surface area (Å²) in [6.07, 6.45) is 1.35. The maximum absolute atomic E-state index is 12.6. The minimum atomic E-state index is -0.366. The highest BCUT2D eigenvalue weighted by molar-refractivity contribution is 6.04. The summed E-state index contributed by atoms with van der Waals surface area (Å²) >= 11 is 0. The quantitative estimate of drug-likeness (QED) is 0.671. The fourth-order valence-electron chi connectivity index (χ4n) is 2.66. The van der Waals surface area contributed by atoms with Gasteiger partial charge in [-0.15, -0.1) is 0 Å². The highest BCUT2D eigenvalue weighted by Gasteiger charge is 2.13. The monoisotopic (exact) mass is 378 g/mol. The maximum atomic E-state index is 12.6. The van der Waals surface area contributed by atoms with Crippen LogP contribution in [0.1, 0.15) is 21.6 Å². The Hall–Kier alpha value is -3.61. The van der Waals surface area contributed by atoms with Crippen molar-refractivity contribution in [1.82, 2.24) is 9.97 Å². The number of amides is 1. The molecule has 7 nitrogen and oxygen atoms in total. The third kappa shape index (κ3) is 4.20. The van der Waals surface area contributed by atoms with Crippen LogP contribution in [-0.2, 0) is 0 Å². The van der Waals surface area contributed by atoms with E-state index in [9.17, 15) is 4.79 Å². The Balaban J connectivity index is 1.80. The van der Waals surface area contributed by atoms with Gasteiger partial charge in [-0.05, 0) is 43.2 Å². The maximum Gasteiger partial charge on any atom is 0.274 e. The molecule has 0 spiro atoms. The number of carbonyl (C=O) groups excluding carboxylic acids is 1. The van der Waals surface area contributed by atoms with Crippen LogP contribution in [-0.4, -0.2) is 30.1 Å². The first kappa shape index (κ1) is 19.2. The Bertz CT molecular complexity index is 1000. The summed E-state index contributed by atoms with van der Waals surface area (Å²) in [6.45, 7) is 4.07. The Labute approximate surface area is 163 Å². The molecule has 1 heterocycles. The number of carbonyl (C=O) groups is 1. The third-order valence-corrected chi connectivity index (χ3v) is 4.42. The molecule has 144 valence electrons. The van der Waals surface area contributed by atoms with E-state index in [2.05, 4.69) is 20.6 Å². The fraction of sp³-hybridized carbons (Fsp3) is 0.190. The van der Waals surface area contributed by atoms with Crippen molar-refractivity contribution in [2.24, 2.45) is 0 Å². The number of hydrogen-bond donors (Lipinski definition) is 2. The summed E-state index contributed by atoms with van der Waals surface area (Å²) in [4.78, 5) is 20.9. The van der Waals surface area contributed by atoms with Gasteiger partial charge in [-0.3, -0.25) is 4.79 Å². The van der Waals surface area contributed by atoms with E-state index in [1.54, 1.807) is 31.4 Å². The van der Waals surface area contributed by atoms with Crippen LogP contribution in [0.2, 0.25) is 0 Å². The molecule has 1 aromatic heterocycles. The zero-order chi connectivity index (χ0) is 20.1. The van der Waals surface area contributed by atoms with Gasteiger partial charge < -0.3 is 20.1 Å². The van der Waals surface area contributed by atoms with Gasteiger partial charge in [-0.25, -0.2) is 9.97 Å². The van der Waals surface area contributed by atoms with Gasteiger partial charge in [0.15, 0.2) is 0 Å². The lowest BCUT2D eigenvalue weighted by Gasteiger charge is -2.13. The molecule has 0 saturated carbocycles. The zero-order valence-corrected chi connectivity index (χ0v) is 16.2. The molecule has 2 N–H and O–H groups in total. The number of ether oxygens (including phenoxy) is 2. The summed E-state index contributed by atoms with van der Waals surface area (Å²) in [7, 11) is 3.10. The van der Waals surface area contributed by atoms with Crippen molar-refractivity contribution in [3.8, 4) is 11.5 Å². The van der Waals surface area contributed by atoms with Gasteiger partial charge in [-0.2, -0.15) is 0 Å². The topological polar surface area (TPSA) is 85.4 Å². The van der Waals surface area contributed by atoms with Gasteiger partial charge >= 0.3 is 0 Å². The lowest BCUT2D eigenvalue weighted by Crippen LogP contribution is -2.15. The van der Waals surface area contributed by atoms with Crippen LogP contribution in [0.3, 0.4) is 0 Å². The van der Waals surface area contributed by atoms with Crippen molar-refractivity contribution in [3.05, 3.63) is 65.6 Å². The minimum Gasteiger partial charge on any atom is -0.497 e. The third-order valence-electron chi connectivity index (χ3n) is 4.42. The van der Waals surface area contributed by atoms with E-state index >= 15 is 0 Å². The number of aromatic nitrogens is 2. The predicted octanol–water partition coefficient (Wildman–Crippen LogP) is 4.11. The zero-order valence-electron chi connectivity index (χ0n) is 16.2. The Kier molecular flexibility index (Phi) is 5.74. The summed E-state index contributed by atoms with van der Waals surface area (Å²) in [6, 6.07) is 12.7. The molecule has 3 rings (SSSR count). The van der Waals surface area contributed by atoms with Crippen LogP contribution in [0.4, 0.5) is 17.2 Å². The van der Waals surface area contributed by atoms with Crippen LogP contribution in [0.15, 0.2) is 48.8 Å². The van der Waals surface area contributed by atoms with Crippen molar-refractivity contribution in [2.45, 2.75) is 13.8 Å². The molecule has 0 atom stereocenters. The highest BCUT2D eigenvalue weighted by atomic mass is 16.5. The lowest BCUT2D eigenvalue weighted by molar-refractivity contribution is 0.102. The van der Waals surface area contributed by atoms with Crippen LogP contribution >= 0.6 is 0 Å². The van der Waals surface area contributed by atoms with E-state index in [1.165, 1.54) is 19.0 Å². The predicted molar refractivity (Wildman–Crippen MR) is 109 cm³/mol. The van der Waals surface area contributed by atoms with E-state index in [1.807, 2.05) is 32.0 Å². The van der Waals surface area contributed by atoms with E-state index in [-0.39, 0.29) is 11.6 Å². The summed E-state index contributed by atoms with van der Waals surface area (Å²) in [5.41, 5.74) is 3.98. The first-order chi connectivity index (χ1) is 13.5. The number of nitrogens with zero attached hydrogens (tertiary/aromatic N) is 2. The van der Waals surface area contributed by atoms with E-state index < -0.39 is 0 Å². The van der Waals surface area contributed by atoms with Crippen molar-refractivity contribution in [3.63, 3.8) is 0 Å². The molecule has 0 aliphatic heterocycles. The van der Waals surface area contributed by atoms with Gasteiger partial charge in [-0.1, -0.05) is 12.1 Å². The molecule has 0 unspecified atom stereocenters. The SMILES string of the molecule is COc1ccc(NC(=O)c2cc(Nc3cccc(C)c3C)ncn2)c(OC)c1. The molecule has 0 saturated heterocycles. The molecular formula is C21H22N4O3. The normalized spacial score (nSPS) is 10.3. The first-order valence-corrected chi connectivity index (χ1v) is 8.70. The van der Waals surface area contributed by atoms with E-state index in [4.69, 9.17) is 9.47 Å². The van der Waals surface area contributed by atoms with Gasteiger partial charge in [0.25, 0.3) is 5.91 Å². The Morgan fingerprint density at radius 3 is 2.54 bits per heavy atom. The number of anilines is 3. The van der Waals surface area contributed by atoms with Crippen molar-refractivity contribution < 1.29 is 14.3 Å². The van der Waals surface area contributed by atoms with E-state index in [0.29, 0.717) is 23.0 Å². The van der Waals surface area contributed by atoms with Gasteiger partial charge in [0.1, 0.15) is 29.3 Å². The van der Waals surface area contributed by atoms with Crippen LogP contribution in [0, 0.1) is 13.8 Å². The molecule has 0 aliphatic rings. The molecule has 0 aliphatic carbocycles. The molecule has 3 aromatic rings. The molecule has 28 heavy (non-hydrogen) atoms. The lowest BCUT2D eigenvalue weighted by atomic mass is 10.1. The minimum absolute atomic E-state index is 0.237. The second kappa shape index (κ2) is 8.39. The van der Waals surface area contributed by atoms with Crippen molar-refractivity contribution in [1.29, 1.82) is 0 Å². The van der Waals surface area contributed by atoms with E-state index in [0.717, 1.165) is 11.3 Å². The second-order valence-corrected chi connectivity index (χ2v) is 6.18. The van der Waals surface area contributed by atoms with Crippen molar-refractivity contribution >= 4 is 23.1 Å². The van der Waals surface area contributed by atoms with Gasteiger partial charge in [0.05, 0.1) is 19.9 Å². The molecule has 7 heteroatoms. The molecular weight excluding hydrogens is 356 g/mol. The molecule has 0 fully saturated rings. The summed E-state index contributed by atoms with van der Waals surface area (Å²) in [5.74, 6) is 1.30. The number of rotatable bonds is 6. The van der Waals surface area contributed by atoms with Gasteiger partial charge in [0, 0.05) is 17.8 Å². The number of nitrogens with one attached hydrogen (secondary N) is 2. The first-order valence-electron chi connectivity index (χ1n) is 8.70. The molecule has 0 bridgehead atoms. The molecule has 1 amide bonds. The average molecular weight is 378 g/mol. The molecule has 2 aromatic carbocycles. The van der Waals surface area contributed by atoms with Gasteiger partial charge in [0.2, 0.25) is 0 Å². The smallest absolute Gasteiger partial charge is 0.274 e. The second-order valence-electron chi connectivity index (χ2n) is 6.18. The summed E-state index contributed by atoms with van der Waals surface area (Å²) in [5, 5.41) is 6.04. The number of methoxy groups -OCH3 is 2. The largest absolute Gasteiger partial charge is 0.497 e. The standard InChI is InChI=1S/C21H22N4O3/c1-13-6-5-7-16(14(13)2)24-20-11-18(22-12-23-20)21(26)25-17-9-8-15(27-3)10-19(17)28-4/h5-12H,1-4H3,(H,25,26)(H,22,23,24). The highest BCUT2D eigenvalue weighted by Crippen LogP contribution is 2.29. The molecule has 0 radical (unpaired) electrons. The average Bonchev–Trinajstić information content (AvgIpc) is 2.72. The Morgan fingerprint density at radius 2 is 1.79 bits per heavy atom. The van der Waals surface area contributed by atoms with Crippen molar-refractivity contribution in [2.75, 3.05) is 24.9 Å². The number of benzene rings is 2. The van der Waals surface area contributed by atoms with Crippen LogP contribution < -0.4 is 20.1 Å². The Morgan fingerprint density at radius 1 is 0.964 bits per heavy atom. The summed E-state index contributed by atoms with van der Waals surface area (Å²) < 4.78 is 10.5. The number of hydrogen-bond acceptors (Lipinski definition) is 6. The fourth-order valence-corrected chi connectivity index (χ4v) is 2.66. The van der Waals surface area contributed by atoms with Crippen LogP contribution in [0.25, 0.3) is 0 Å². The van der Waals surface area contributed by atoms with Crippen LogP contribution in [0.5, 0.6) is 11.5 Å².